The van der Waals surface area contributed by atoms with Gasteiger partial charge in [0.2, 0.25) is 5.60 Å². The Morgan fingerprint density at radius 3 is 1.77 bits per heavy atom. The number of rotatable bonds is 21. The monoisotopic (exact) mass is 663 g/mol. The number of nitrogens with zero attached hydrogens (tertiary/aromatic N) is 1. The zero-order valence-corrected chi connectivity index (χ0v) is 29.3. The third-order valence-corrected chi connectivity index (χ3v) is 9.72. The van der Waals surface area contributed by atoms with Gasteiger partial charge in [-0.3, -0.25) is 4.79 Å². The lowest BCUT2D eigenvalue weighted by Crippen LogP contribution is -3.00. The molecule has 5 nitrogen and oxygen atoms in total. The van der Waals surface area contributed by atoms with Crippen LogP contribution in [0, 0.1) is 5.92 Å². The second kappa shape index (κ2) is 20.6. The van der Waals surface area contributed by atoms with Crippen LogP contribution in [0.3, 0.4) is 0 Å². The van der Waals surface area contributed by atoms with Crippen LogP contribution in [0.2, 0.25) is 0 Å². The Morgan fingerprint density at radius 1 is 0.767 bits per heavy atom. The van der Waals surface area contributed by atoms with Gasteiger partial charge in [-0.25, -0.2) is 4.79 Å². The molecule has 1 aromatic rings. The summed E-state index contributed by atoms with van der Waals surface area (Å²) >= 11 is 0. The molecule has 2 fully saturated rings. The number of unbranched alkanes of at least 4 members (excludes halogenated alkanes) is 14. The van der Waals surface area contributed by atoms with E-state index in [9.17, 15) is 9.59 Å². The third-order valence-electron chi connectivity index (χ3n) is 9.72. The first-order chi connectivity index (χ1) is 20.4. The number of likely N-dealkylation sites (N-methyl/N-ethyl adjacent to an activating group) is 1. The van der Waals surface area contributed by atoms with E-state index in [0.29, 0.717) is 6.42 Å². The van der Waals surface area contributed by atoms with Gasteiger partial charge in [0.25, 0.3) is 0 Å². The van der Waals surface area contributed by atoms with E-state index in [1.54, 1.807) is 0 Å². The molecule has 43 heavy (non-hydrogen) atoms. The van der Waals surface area contributed by atoms with Gasteiger partial charge in [-0.2, -0.15) is 0 Å². The molecule has 1 aliphatic carbocycles. The number of ether oxygens (including phenoxy) is 2. The smallest absolute Gasteiger partial charge is 0.356 e. The second-order valence-corrected chi connectivity index (χ2v) is 13.9. The molecule has 1 saturated heterocycles. The van der Waals surface area contributed by atoms with Gasteiger partial charge in [0, 0.05) is 24.3 Å². The summed E-state index contributed by atoms with van der Waals surface area (Å²) in [7, 11) is 4.35. The minimum atomic E-state index is -1.34. The quantitative estimate of drug-likeness (QED) is 0.0884. The molecule has 0 N–H and O–H groups in total. The van der Waals surface area contributed by atoms with Gasteiger partial charge in [0.1, 0.15) is 6.54 Å². The molecular formula is C37H62BrNO4. The van der Waals surface area contributed by atoms with Crippen molar-refractivity contribution >= 4 is 11.9 Å². The van der Waals surface area contributed by atoms with Crippen molar-refractivity contribution in [1.82, 2.24) is 0 Å². The standard InChI is InChI=1S/C37H62NO4.BrH/c1-4-5-6-7-8-9-10-11-12-13-14-15-16-17-21-28-35(39)42-37(33-26-22-23-27-33,32-24-19-18-20-25-32)36(40)41-34-29-30-38(2,3)31-34;/h18-20,24-25,33-34H,4-17,21-23,26-31H2,1-3H3;1H/q+1;/p-1. The lowest BCUT2D eigenvalue weighted by molar-refractivity contribution is -0.879. The normalized spacial score (nSPS) is 19.5. The van der Waals surface area contributed by atoms with Crippen molar-refractivity contribution in [2.75, 3.05) is 27.2 Å². The Bertz CT molecular complexity index is 901. The lowest BCUT2D eigenvalue weighted by atomic mass is 9.79. The first-order valence-corrected chi connectivity index (χ1v) is 17.7. The highest BCUT2D eigenvalue weighted by molar-refractivity contribution is 5.85. The van der Waals surface area contributed by atoms with E-state index in [4.69, 9.17) is 9.47 Å². The first-order valence-electron chi connectivity index (χ1n) is 17.7. The summed E-state index contributed by atoms with van der Waals surface area (Å²) in [5.74, 6) is -0.668. The maximum atomic E-state index is 14.1. The van der Waals surface area contributed by atoms with Crippen molar-refractivity contribution < 1.29 is 40.5 Å². The van der Waals surface area contributed by atoms with Crippen LogP contribution in [0.15, 0.2) is 30.3 Å². The lowest BCUT2D eigenvalue weighted by Gasteiger charge is -2.37. The number of hydrogen-bond donors (Lipinski definition) is 0. The average Bonchev–Trinajstić information content (AvgIpc) is 3.64. The largest absolute Gasteiger partial charge is 1.00 e. The Morgan fingerprint density at radius 2 is 1.28 bits per heavy atom. The highest BCUT2D eigenvalue weighted by atomic mass is 79.9. The van der Waals surface area contributed by atoms with Crippen molar-refractivity contribution in [3.63, 3.8) is 0 Å². The minimum absolute atomic E-state index is 0. The number of carbonyl (C=O) groups is 2. The van der Waals surface area contributed by atoms with Gasteiger partial charge in [0.15, 0.2) is 6.10 Å². The van der Waals surface area contributed by atoms with Crippen LogP contribution in [0.1, 0.15) is 147 Å². The second-order valence-electron chi connectivity index (χ2n) is 13.9. The molecule has 0 bridgehead atoms. The highest BCUT2D eigenvalue weighted by Gasteiger charge is 2.54. The molecule has 2 atom stereocenters. The Balaban J connectivity index is 0.00000645. The van der Waals surface area contributed by atoms with E-state index in [1.807, 2.05) is 30.3 Å². The van der Waals surface area contributed by atoms with E-state index in [2.05, 4.69) is 21.0 Å². The summed E-state index contributed by atoms with van der Waals surface area (Å²) in [5.41, 5.74) is -0.581. The number of hydrogen-bond acceptors (Lipinski definition) is 4. The van der Waals surface area contributed by atoms with Crippen molar-refractivity contribution in [3.8, 4) is 0 Å². The molecule has 0 spiro atoms. The number of esters is 2. The average molecular weight is 665 g/mol. The highest BCUT2D eigenvalue weighted by Crippen LogP contribution is 2.45. The predicted octanol–water partition coefficient (Wildman–Crippen LogP) is 6.27. The molecule has 2 unspecified atom stereocenters. The van der Waals surface area contributed by atoms with Gasteiger partial charge in [-0.15, -0.1) is 0 Å². The van der Waals surface area contributed by atoms with Crippen molar-refractivity contribution in [1.29, 1.82) is 0 Å². The van der Waals surface area contributed by atoms with Crippen molar-refractivity contribution in [3.05, 3.63) is 35.9 Å². The molecule has 0 aromatic heterocycles. The Hall–Kier alpha value is -1.40. The van der Waals surface area contributed by atoms with Crippen molar-refractivity contribution in [2.24, 2.45) is 5.92 Å². The van der Waals surface area contributed by atoms with Crippen LogP contribution in [-0.2, 0) is 24.7 Å². The molecule has 246 valence electrons. The molecule has 3 rings (SSSR count). The molecule has 1 aromatic carbocycles. The zero-order valence-electron chi connectivity index (χ0n) is 27.8. The molecule has 0 radical (unpaired) electrons. The SMILES string of the molecule is CCCCCCCCCCCCCCCCCC(=O)OC(C(=O)OC1CC[N+](C)(C)C1)(c1ccccc1)C1CCCC1.[Br-]. The van der Waals surface area contributed by atoms with Crippen LogP contribution in [-0.4, -0.2) is 49.7 Å². The minimum Gasteiger partial charge on any atom is -1.00 e. The van der Waals surface area contributed by atoms with Crippen LogP contribution in [0.4, 0.5) is 0 Å². The summed E-state index contributed by atoms with van der Waals surface area (Å²) in [6, 6.07) is 9.70. The summed E-state index contributed by atoms with van der Waals surface area (Å²) < 4.78 is 13.4. The Kier molecular flexibility index (Phi) is 18.1. The van der Waals surface area contributed by atoms with Crippen LogP contribution >= 0.6 is 0 Å². The predicted molar refractivity (Wildman–Crippen MR) is 172 cm³/mol. The summed E-state index contributed by atoms with van der Waals surface area (Å²) in [5, 5.41) is 0. The van der Waals surface area contributed by atoms with Gasteiger partial charge in [-0.1, -0.05) is 140 Å². The van der Waals surface area contributed by atoms with E-state index in [1.165, 1.54) is 77.0 Å². The van der Waals surface area contributed by atoms with Gasteiger partial charge < -0.3 is 30.9 Å². The van der Waals surface area contributed by atoms with Gasteiger partial charge in [-0.05, 0) is 19.3 Å². The number of carbonyl (C=O) groups excluding carboxylic acids is 2. The van der Waals surface area contributed by atoms with Gasteiger partial charge >= 0.3 is 11.9 Å². The maximum absolute atomic E-state index is 14.1. The molecule has 1 aliphatic heterocycles. The molecular weight excluding hydrogens is 602 g/mol. The van der Waals surface area contributed by atoms with E-state index in [0.717, 1.165) is 74.5 Å². The van der Waals surface area contributed by atoms with E-state index >= 15 is 0 Å². The number of quaternary nitrogens is 1. The summed E-state index contributed by atoms with van der Waals surface area (Å²) in [4.78, 5) is 27.4. The fraction of sp³-hybridized carbons (Fsp3) is 0.784. The molecule has 6 heteroatoms. The molecule has 0 amide bonds. The fourth-order valence-electron chi connectivity index (χ4n) is 7.16. The Labute approximate surface area is 274 Å². The number of benzene rings is 1. The topological polar surface area (TPSA) is 52.6 Å². The third kappa shape index (κ3) is 12.9. The van der Waals surface area contributed by atoms with Crippen LogP contribution in [0.5, 0.6) is 0 Å². The van der Waals surface area contributed by atoms with Crippen molar-refractivity contribution in [2.45, 2.75) is 153 Å². The van der Waals surface area contributed by atoms with Crippen LogP contribution < -0.4 is 17.0 Å². The van der Waals surface area contributed by atoms with Crippen LogP contribution in [0.25, 0.3) is 0 Å². The summed E-state index contributed by atoms with van der Waals surface area (Å²) in [6.07, 6.45) is 24.3. The van der Waals surface area contributed by atoms with E-state index in [-0.39, 0.29) is 40.9 Å². The van der Waals surface area contributed by atoms with Gasteiger partial charge in [0.05, 0.1) is 20.6 Å². The molecule has 2 aliphatic rings. The zero-order chi connectivity index (χ0) is 30.1. The number of likely N-dealkylation sites (tertiary alicyclic amines) is 1. The molecule has 1 heterocycles. The maximum Gasteiger partial charge on any atom is 0.356 e. The number of halogens is 1. The first kappa shape index (κ1) is 37.8. The molecule has 1 saturated carbocycles. The fourth-order valence-corrected chi connectivity index (χ4v) is 7.16. The summed E-state index contributed by atoms with van der Waals surface area (Å²) in [6.45, 7) is 4.06. The van der Waals surface area contributed by atoms with E-state index < -0.39 is 5.60 Å².